The van der Waals surface area contributed by atoms with Crippen LogP contribution in [0.3, 0.4) is 0 Å². The van der Waals surface area contributed by atoms with Crippen LogP contribution in [-0.4, -0.2) is 11.8 Å². The number of halogens is 2. The molecule has 0 saturated carbocycles. The van der Waals surface area contributed by atoms with Crippen molar-refractivity contribution in [2.24, 2.45) is 5.73 Å². The first-order valence-corrected chi connectivity index (χ1v) is 6.43. The van der Waals surface area contributed by atoms with Gasteiger partial charge in [0.05, 0.1) is 16.1 Å². The van der Waals surface area contributed by atoms with Crippen LogP contribution >= 0.6 is 11.6 Å². The largest absolute Gasteiger partial charge is 0.366 e. The molecule has 0 radical (unpaired) electrons. The van der Waals surface area contributed by atoms with Gasteiger partial charge in [-0.05, 0) is 36.8 Å². The Hall–Kier alpha value is -2.40. The summed E-state index contributed by atoms with van der Waals surface area (Å²) >= 11 is 5.82. The third-order valence-corrected chi connectivity index (χ3v) is 3.26. The van der Waals surface area contributed by atoms with Crippen LogP contribution in [0.1, 0.15) is 26.3 Å². The number of rotatable bonds is 3. The Labute approximate surface area is 125 Å². The van der Waals surface area contributed by atoms with E-state index in [0.29, 0.717) is 11.3 Å². The molecule has 4 nitrogen and oxygen atoms in total. The standard InChI is InChI=1S/C15H12ClFN2O2/c1-8-3-2-4-10(13(8)17)15(21)19-9-5-6-12(16)11(7-9)14(18)20/h2-7H,1H3,(H2,18,20)(H,19,21). The van der Waals surface area contributed by atoms with E-state index in [1.165, 1.54) is 24.3 Å². The summed E-state index contributed by atoms with van der Waals surface area (Å²) in [6, 6.07) is 8.81. The summed E-state index contributed by atoms with van der Waals surface area (Å²) in [5.41, 5.74) is 5.85. The molecule has 2 aromatic rings. The molecule has 3 N–H and O–H groups in total. The van der Waals surface area contributed by atoms with Gasteiger partial charge in [-0.15, -0.1) is 0 Å². The van der Waals surface area contributed by atoms with Gasteiger partial charge in [-0.2, -0.15) is 0 Å². The molecule has 6 heteroatoms. The highest BCUT2D eigenvalue weighted by molar-refractivity contribution is 6.34. The number of nitrogens with one attached hydrogen (secondary N) is 1. The molecule has 2 rings (SSSR count). The van der Waals surface area contributed by atoms with Crippen LogP contribution in [0.25, 0.3) is 0 Å². The molecule has 0 aromatic heterocycles. The van der Waals surface area contributed by atoms with Gasteiger partial charge in [-0.25, -0.2) is 4.39 Å². The van der Waals surface area contributed by atoms with Crippen LogP contribution in [0.4, 0.5) is 10.1 Å². The topological polar surface area (TPSA) is 72.2 Å². The normalized spacial score (nSPS) is 10.2. The van der Waals surface area contributed by atoms with Crippen molar-refractivity contribution in [1.82, 2.24) is 0 Å². The Bertz CT molecular complexity index is 732. The minimum Gasteiger partial charge on any atom is -0.366 e. The molecule has 0 aliphatic heterocycles. The smallest absolute Gasteiger partial charge is 0.258 e. The van der Waals surface area contributed by atoms with Crippen molar-refractivity contribution in [2.75, 3.05) is 5.32 Å². The lowest BCUT2D eigenvalue weighted by Crippen LogP contribution is -2.16. The fourth-order valence-corrected chi connectivity index (χ4v) is 2.02. The molecule has 0 saturated heterocycles. The highest BCUT2D eigenvalue weighted by Crippen LogP contribution is 2.21. The third kappa shape index (κ3) is 3.20. The van der Waals surface area contributed by atoms with Gasteiger partial charge in [0.25, 0.3) is 5.91 Å². The summed E-state index contributed by atoms with van der Waals surface area (Å²) in [6.45, 7) is 1.57. The van der Waals surface area contributed by atoms with Crippen molar-refractivity contribution in [3.63, 3.8) is 0 Å². The van der Waals surface area contributed by atoms with Crippen molar-refractivity contribution in [3.05, 3.63) is 63.9 Å². The minimum absolute atomic E-state index is 0.0782. The maximum atomic E-state index is 13.9. The molecule has 0 unspecified atom stereocenters. The molecule has 0 aliphatic carbocycles. The van der Waals surface area contributed by atoms with Crippen LogP contribution in [0, 0.1) is 12.7 Å². The van der Waals surface area contributed by atoms with Gasteiger partial charge in [-0.1, -0.05) is 23.7 Å². The van der Waals surface area contributed by atoms with E-state index in [1.54, 1.807) is 19.1 Å². The molecule has 2 aromatic carbocycles. The number of carbonyl (C=O) groups is 2. The molecule has 2 amide bonds. The maximum Gasteiger partial charge on any atom is 0.258 e. The zero-order valence-electron chi connectivity index (χ0n) is 11.1. The van der Waals surface area contributed by atoms with Gasteiger partial charge < -0.3 is 11.1 Å². The number of nitrogens with two attached hydrogens (primary N) is 1. The highest BCUT2D eigenvalue weighted by Gasteiger charge is 2.14. The van der Waals surface area contributed by atoms with Crippen molar-refractivity contribution < 1.29 is 14.0 Å². The Morgan fingerprint density at radius 2 is 1.90 bits per heavy atom. The molecule has 0 fully saturated rings. The summed E-state index contributed by atoms with van der Waals surface area (Å²) in [5, 5.41) is 2.69. The van der Waals surface area contributed by atoms with E-state index < -0.39 is 17.6 Å². The second-order valence-corrected chi connectivity index (χ2v) is 4.86. The summed E-state index contributed by atoms with van der Waals surface area (Å²) in [7, 11) is 0. The Kier molecular flexibility index (Phi) is 4.23. The number of hydrogen-bond acceptors (Lipinski definition) is 2. The van der Waals surface area contributed by atoms with Crippen LogP contribution in [-0.2, 0) is 0 Å². The van der Waals surface area contributed by atoms with Crippen molar-refractivity contribution >= 4 is 29.1 Å². The van der Waals surface area contributed by atoms with E-state index in [2.05, 4.69) is 5.32 Å². The quantitative estimate of drug-likeness (QED) is 0.914. The highest BCUT2D eigenvalue weighted by atomic mass is 35.5. The number of carbonyl (C=O) groups excluding carboxylic acids is 2. The molecule has 108 valence electrons. The third-order valence-electron chi connectivity index (χ3n) is 2.93. The first-order chi connectivity index (χ1) is 9.90. The summed E-state index contributed by atoms with van der Waals surface area (Å²) < 4.78 is 13.9. The lowest BCUT2D eigenvalue weighted by molar-refractivity contribution is 0.0995. The predicted octanol–water partition coefficient (Wildman–Crippen LogP) is 3.14. The molecule has 0 heterocycles. The SMILES string of the molecule is Cc1cccc(C(=O)Nc2ccc(Cl)c(C(N)=O)c2)c1F. The Morgan fingerprint density at radius 1 is 1.19 bits per heavy atom. The van der Waals surface area contributed by atoms with Gasteiger partial charge in [0.15, 0.2) is 0 Å². The average Bonchev–Trinajstić information content (AvgIpc) is 2.43. The van der Waals surface area contributed by atoms with Gasteiger partial charge in [0.1, 0.15) is 5.82 Å². The van der Waals surface area contributed by atoms with Gasteiger partial charge in [0, 0.05) is 5.69 Å². The van der Waals surface area contributed by atoms with E-state index in [0.717, 1.165) is 0 Å². The lowest BCUT2D eigenvalue weighted by atomic mass is 10.1. The number of amides is 2. The number of primary amides is 1. The zero-order valence-corrected chi connectivity index (χ0v) is 11.9. The molecule has 21 heavy (non-hydrogen) atoms. The summed E-state index contributed by atoms with van der Waals surface area (Å²) in [4.78, 5) is 23.2. The van der Waals surface area contributed by atoms with Crippen molar-refractivity contribution in [3.8, 4) is 0 Å². The number of aryl methyl sites for hydroxylation is 1. The maximum absolute atomic E-state index is 13.9. The van der Waals surface area contributed by atoms with Crippen LogP contribution in [0.5, 0.6) is 0 Å². The second kappa shape index (κ2) is 5.93. The lowest BCUT2D eigenvalue weighted by Gasteiger charge is -2.09. The fourth-order valence-electron chi connectivity index (χ4n) is 1.81. The van der Waals surface area contributed by atoms with Gasteiger partial charge >= 0.3 is 0 Å². The summed E-state index contributed by atoms with van der Waals surface area (Å²) in [6.07, 6.45) is 0. The molecule has 0 spiro atoms. The molecule has 0 aliphatic rings. The molecule has 0 atom stereocenters. The summed E-state index contributed by atoms with van der Waals surface area (Å²) in [5.74, 6) is -1.91. The molecule has 0 bridgehead atoms. The zero-order chi connectivity index (χ0) is 15.6. The minimum atomic E-state index is -0.710. The van der Waals surface area contributed by atoms with Crippen LogP contribution in [0.15, 0.2) is 36.4 Å². The number of anilines is 1. The average molecular weight is 307 g/mol. The number of benzene rings is 2. The second-order valence-electron chi connectivity index (χ2n) is 4.45. The Morgan fingerprint density at radius 3 is 2.57 bits per heavy atom. The van der Waals surface area contributed by atoms with E-state index in [1.807, 2.05) is 0 Å². The van der Waals surface area contributed by atoms with Crippen LogP contribution < -0.4 is 11.1 Å². The first-order valence-electron chi connectivity index (χ1n) is 6.06. The fraction of sp³-hybridized carbons (Fsp3) is 0.0667. The van der Waals surface area contributed by atoms with Crippen molar-refractivity contribution in [2.45, 2.75) is 6.92 Å². The molecular formula is C15H12ClFN2O2. The monoisotopic (exact) mass is 306 g/mol. The predicted molar refractivity (Wildman–Crippen MR) is 79.1 cm³/mol. The van der Waals surface area contributed by atoms with E-state index >= 15 is 0 Å². The van der Waals surface area contributed by atoms with E-state index in [-0.39, 0.29) is 16.1 Å². The molecular weight excluding hydrogens is 295 g/mol. The van der Waals surface area contributed by atoms with E-state index in [4.69, 9.17) is 17.3 Å². The van der Waals surface area contributed by atoms with Crippen LogP contribution in [0.2, 0.25) is 5.02 Å². The Balaban J connectivity index is 2.30. The van der Waals surface area contributed by atoms with Gasteiger partial charge in [-0.3, -0.25) is 9.59 Å². The van der Waals surface area contributed by atoms with Crippen molar-refractivity contribution in [1.29, 1.82) is 0 Å². The first kappa shape index (κ1) is 15.0. The van der Waals surface area contributed by atoms with E-state index in [9.17, 15) is 14.0 Å². The van der Waals surface area contributed by atoms with Gasteiger partial charge in [0.2, 0.25) is 5.91 Å². The number of hydrogen-bond donors (Lipinski definition) is 2.